The lowest BCUT2D eigenvalue weighted by atomic mass is 9.81. The number of hydrogen-bond acceptors (Lipinski definition) is 1. The standard InChI is InChI=1S/C21H20.C13H15F.C13H10O.C7H10.C7H8.2C2H6/c1-13-9-10-17-18(11-13)21(3,4)19-12-14(2)15-7-5-6-8-16(15)20(17)19;1-10-7-8-12(9-13(10)14)11-5-3-2-4-6-11;1-9-6-7-13-11(8-9)10-4-2-3-5-12(10)14-13;2*1-7-5-3-2-4-6-7;2*1-2/h5-12H,1-4H3;5,7-9H,2-4,6H2,1H3;2-8H,1H3;2-3,5H,4,6H2,1H3;2-6H,1H3;2*1-2H3. The van der Waals surface area contributed by atoms with Crippen molar-refractivity contribution in [3.63, 3.8) is 0 Å². The molecule has 0 unspecified atom stereocenters. The maximum Gasteiger partial charge on any atom is 0.135 e. The summed E-state index contributed by atoms with van der Waals surface area (Å²) in [6, 6.07) is 48.3. The van der Waals surface area contributed by atoms with Crippen molar-refractivity contribution in [2.45, 2.75) is 127 Å². The van der Waals surface area contributed by atoms with Gasteiger partial charge in [-0.2, -0.15) is 0 Å². The van der Waals surface area contributed by atoms with Gasteiger partial charge in [-0.3, -0.25) is 0 Å². The van der Waals surface area contributed by atoms with Gasteiger partial charge in [-0.05, 0) is 160 Å². The molecule has 3 aliphatic carbocycles. The molecule has 0 amide bonds. The van der Waals surface area contributed by atoms with Gasteiger partial charge < -0.3 is 4.42 Å². The Morgan fingerprint density at radius 1 is 0.507 bits per heavy atom. The molecule has 0 bridgehead atoms. The second-order valence-electron chi connectivity index (χ2n) is 18.0. The lowest BCUT2D eigenvalue weighted by Crippen LogP contribution is -2.15. The van der Waals surface area contributed by atoms with Crippen LogP contribution in [-0.4, -0.2) is 0 Å². The molecule has 8 aromatic rings. The Bertz CT molecular complexity index is 2930. The summed E-state index contributed by atoms with van der Waals surface area (Å²) in [4.78, 5) is 0. The third-order valence-electron chi connectivity index (χ3n) is 12.6. The second-order valence-corrected chi connectivity index (χ2v) is 18.0. The van der Waals surface area contributed by atoms with E-state index in [-0.39, 0.29) is 11.2 Å². The maximum atomic E-state index is 13.3. The van der Waals surface area contributed by atoms with Crippen molar-refractivity contribution >= 4 is 38.3 Å². The summed E-state index contributed by atoms with van der Waals surface area (Å²) in [5, 5.41) is 5.18. The van der Waals surface area contributed by atoms with Crippen LogP contribution in [0.4, 0.5) is 4.39 Å². The Balaban J connectivity index is 0.000000162. The molecule has 1 aromatic heterocycles. The van der Waals surface area contributed by atoms with Crippen LogP contribution in [0, 0.1) is 40.4 Å². The van der Waals surface area contributed by atoms with Gasteiger partial charge >= 0.3 is 0 Å². The molecule has 0 spiro atoms. The van der Waals surface area contributed by atoms with Crippen molar-refractivity contribution in [1.29, 1.82) is 0 Å². The fourth-order valence-electron chi connectivity index (χ4n) is 8.87. The van der Waals surface area contributed by atoms with E-state index in [0.29, 0.717) is 0 Å². The lowest BCUT2D eigenvalue weighted by Gasteiger charge is -2.22. The molecule has 0 saturated heterocycles. The van der Waals surface area contributed by atoms with Gasteiger partial charge in [-0.25, -0.2) is 4.39 Å². The SMILES string of the molecule is CC.CC.CC1=CC=CCC1.Cc1ccc(C2=CCCCC2)cc1F.Cc1ccc2c(c1)C(C)(C)c1cc(C)c3ccccc3c1-2.Cc1ccc2oc3ccccc3c2c1.Cc1ccccc1. The van der Waals surface area contributed by atoms with Crippen molar-refractivity contribution in [2.75, 3.05) is 0 Å². The van der Waals surface area contributed by atoms with Crippen molar-refractivity contribution in [3.05, 3.63) is 220 Å². The minimum Gasteiger partial charge on any atom is -0.456 e. The van der Waals surface area contributed by atoms with Gasteiger partial charge in [0.15, 0.2) is 0 Å². The van der Waals surface area contributed by atoms with Crippen LogP contribution < -0.4 is 0 Å². The van der Waals surface area contributed by atoms with Crippen LogP contribution in [0.2, 0.25) is 0 Å². The molecule has 0 fully saturated rings. The van der Waals surface area contributed by atoms with Gasteiger partial charge in [0, 0.05) is 16.2 Å². The quantitative estimate of drug-likeness (QED) is 0.160. The van der Waals surface area contributed by atoms with Crippen LogP contribution in [0.5, 0.6) is 0 Å². The van der Waals surface area contributed by atoms with E-state index in [0.717, 1.165) is 35.1 Å². The number of halogens is 1. The number of furan rings is 1. The smallest absolute Gasteiger partial charge is 0.135 e. The first-order chi connectivity index (χ1) is 32.4. The fraction of sp³-hybridized carbons (Fsp3) is 0.292. The minimum atomic E-state index is -0.0889. The average molecular weight is 891 g/mol. The summed E-state index contributed by atoms with van der Waals surface area (Å²) in [7, 11) is 0. The summed E-state index contributed by atoms with van der Waals surface area (Å²) in [6.45, 7) is 25.3. The van der Waals surface area contributed by atoms with E-state index >= 15 is 0 Å². The van der Waals surface area contributed by atoms with E-state index in [2.05, 4.69) is 152 Å². The van der Waals surface area contributed by atoms with Crippen LogP contribution in [-0.2, 0) is 5.41 Å². The maximum absolute atomic E-state index is 13.3. The topological polar surface area (TPSA) is 13.1 Å². The largest absolute Gasteiger partial charge is 0.456 e. The van der Waals surface area contributed by atoms with Crippen molar-refractivity contribution < 1.29 is 8.81 Å². The summed E-state index contributed by atoms with van der Waals surface area (Å²) in [5.41, 5.74) is 17.7. The van der Waals surface area contributed by atoms with Crippen molar-refractivity contribution in [1.82, 2.24) is 0 Å². The molecule has 1 heterocycles. The number of hydrogen-bond donors (Lipinski definition) is 0. The predicted molar refractivity (Wildman–Crippen MR) is 293 cm³/mol. The molecule has 0 aliphatic heterocycles. The molecule has 3 aliphatic rings. The molecule has 0 radical (unpaired) electrons. The van der Waals surface area contributed by atoms with E-state index in [1.807, 2.05) is 82.3 Å². The number of para-hydroxylation sites is 1. The highest BCUT2D eigenvalue weighted by Gasteiger charge is 2.36. The first-order valence-electron chi connectivity index (χ1n) is 24.7. The molecule has 348 valence electrons. The number of benzene rings is 7. The Morgan fingerprint density at radius 2 is 1.15 bits per heavy atom. The summed E-state index contributed by atoms with van der Waals surface area (Å²) in [6.07, 6.45) is 16.0. The Kier molecular flexibility index (Phi) is 19.3. The van der Waals surface area contributed by atoms with Crippen molar-refractivity contribution in [3.8, 4) is 11.1 Å². The van der Waals surface area contributed by atoms with Crippen LogP contribution in [0.1, 0.15) is 131 Å². The van der Waals surface area contributed by atoms with Crippen LogP contribution in [0.3, 0.4) is 0 Å². The number of aryl methyl sites for hydroxylation is 5. The van der Waals surface area contributed by atoms with Crippen molar-refractivity contribution in [2.24, 2.45) is 0 Å². The average Bonchev–Trinajstić information content (AvgIpc) is 3.83. The van der Waals surface area contributed by atoms with Gasteiger partial charge in [0.2, 0.25) is 0 Å². The van der Waals surface area contributed by atoms with Crippen LogP contribution in [0.15, 0.2) is 174 Å². The Labute approximate surface area is 403 Å². The third kappa shape index (κ3) is 13.2. The second kappa shape index (κ2) is 25.0. The van der Waals surface area contributed by atoms with Gasteiger partial charge in [-0.15, -0.1) is 0 Å². The first kappa shape index (κ1) is 51.7. The molecule has 0 atom stereocenters. The third-order valence-corrected chi connectivity index (χ3v) is 12.6. The van der Waals surface area contributed by atoms with E-state index in [1.54, 1.807) is 13.0 Å². The molecule has 0 N–H and O–H groups in total. The summed E-state index contributed by atoms with van der Waals surface area (Å²) < 4.78 is 19.0. The van der Waals surface area contributed by atoms with Gasteiger partial charge in [0.1, 0.15) is 17.0 Å². The molecular weight excluding hydrogens is 816 g/mol. The normalized spacial score (nSPS) is 13.6. The summed E-state index contributed by atoms with van der Waals surface area (Å²) >= 11 is 0. The zero-order valence-electron chi connectivity index (χ0n) is 42.6. The number of allylic oxidation sites excluding steroid dienone is 6. The lowest BCUT2D eigenvalue weighted by molar-refractivity contribution is 0.617. The summed E-state index contributed by atoms with van der Waals surface area (Å²) in [5.74, 6) is -0.0889. The molecule has 67 heavy (non-hydrogen) atoms. The van der Waals surface area contributed by atoms with Crippen LogP contribution >= 0.6 is 0 Å². The zero-order chi connectivity index (χ0) is 48.5. The predicted octanol–water partition coefficient (Wildman–Crippen LogP) is 20.1. The van der Waals surface area contributed by atoms with Gasteiger partial charge in [0.05, 0.1) is 0 Å². The Morgan fingerprint density at radius 3 is 1.76 bits per heavy atom. The van der Waals surface area contributed by atoms with E-state index in [1.165, 1.54) is 103 Å². The highest BCUT2D eigenvalue weighted by Crippen LogP contribution is 2.52. The Hall–Kier alpha value is -6.25. The van der Waals surface area contributed by atoms with Gasteiger partial charge in [-0.1, -0.05) is 203 Å². The monoisotopic (exact) mass is 891 g/mol. The highest BCUT2D eigenvalue weighted by molar-refractivity contribution is 6.05. The number of fused-ring (bicyclic) bond motifs is 8. The van der Waals surface area contributed by atoms with E-state index in [4.69, 9.17) is 4.42 Å². The molecule has 7 aromatic carbocycles. The fourth-order valence-corrected chi connectivity index (χ4v) is 8.87. The molecule has 0 saturated carbocycles. The molecule has 1 nitrogen and oxygen atoms in total. The van der Waals surface area contributed by atoms with Gasteiger partial charge in [0.25, 0.3) is 0 Å². The van der Waals surface area contributed by atoms with E-state index in [9.17, 15) is 4.39 Å². The first-order valence-corrected chi connectivity index (χ1v) is 24.7. The van der Waals surface area contributed by atoms with E-state index < -0.39 is 0 Å². The molecular formula is C65H75FO. The molecule has 2 heteroatoms. The van der Waals surface area contributed by atoms with Crippen LogP contribution in [0.25, 0.3) is 49.4 Å². The zero-order valence-corrected chi connectivity index (χ0v) is 42.6. The highest BCUT2D eigenvalue weighted by atomic mass is 19.1. The number of rotatable bonds is 1. The molecule has 11 rings (SSSR count). The minimum absolute atomic E-state index is 0.0888.